The lowest BCUT2D eigenvalue weighted by Crippen LogP contribution is -2.34. The molecule has 0 aromatic heterocycles. The maximum Gasteiger partial charge on any atom is 0.227 e. The van der Waals surface area contributed by atoms with Crippen molar-refractivity contribution < 1.29 is 15.1 Å². The van der Waals surface area contributed by atoms with Crippen molar-refractivity contribution in [1.82, 2.24) is 4.90 Å². The van der Waals surface area contributed by atoms with Gasteiger partial charge in [-0.3, -0.25) is 4.79 Å². The minimum absolute atomic E-state index is 0.000628. The number of hydrogen-bond acceptors (Lipinski definition) is 4. The number of nitrogens with zero attached hydrogens (tertiary/aromatic N) is 2. The van der Waals surface area contributed by atoms with Gasteiger partial charge < -0.3 is 20.9 Å². The van der Waals surface area contributed by atoms with Crippen LogP contribution < -0.4 is 5.73 Å². The summed E-state index contributed by atoms with van der Waals surface area (Å²) in [4.78, 5) is 13.8. The van der Waals surface area contributed by atoms with E-state index < -0.39 is 5.60 Å². The zero-order valence-electron chi connectivity index (χ0n) is 11.4. The smallest absolute Gasteiger partial charge is 0.227 e. The highest BCUT2D eigenvalue weighted by Gasteiger charge is 2.33. The van der Waals surface area contributed by atoms with E-state index in [1.807, 2.05) is 0 Å². The zero-order chi connectivity index (χ0) is 14.8. The highest BCUT2D eigenvalue weighted by Crippen LogP contribution is 2.21. The molecule has 0 spiro atoms. The molecule has 6 heteroatoms. The fourth-order valence-electron chi connectivity index (χ4n) is 2.30. The number of amides is 1. The molecular weight excluding hydrogens is 258 g/mol. The standard InChI is InChI=1S/C14H19N3O3/c1-14(19)6-7-17(9-14)12(18)8-10-2-4-11(5-3-10)13(15)16-20/h2-5,19-20H,6-9H2,1H3,(H2,15,16). The number of β-amino-alcohol motifs (C(OH)–C–C–N with tert-alkyl or cyclic N) is 1. The quantitative estimate of drug-likeness (QED) is 0.320. The van der Waals surface area contributed by atoms with Gasteiger partial charge in [0.05, 0.1) is 12.0 Å². The van der Waals surface area contributed by atoms with Gasteiger partial charge in [0.25, 0.3) is 0 Å². The molecule has 1 atom stereocenters. The van der Waals surface area contributed by atoms with Gasteiger partial charge in [0.2, 0.25) is 5.91 Å². The Balaban J connectivity index is 1.98. The molecule has 0 aliphatic carbocycles. The van der Waals surface area contributed by atoms with Crippen LogP contribution >= 0.6 is 0 Å². The SMILES string of the molecule is CC1(O)CCN(C(=O)Cc2ccc(/C(N)=N/O)cc2)C1. The summed E-state index contributed by atoms with van der Waals surface area (Å²) >= 11 is 0. The van der Waals surface area contributed by atoms with Gasteiger partial charge in [-0.05, 0) is 18.9 Å². The Morgan fingerprint density at radius 2 is 2.10 bits per heavy atom. The average molecular weight is 277 g/mol. The normalized spacial score (nSPS) is 23.1. The second-order valence-corrected chi connectivity index (χ2v) is 5.42. The summed E-state index contributed by atoms with van der Waals surface area (Å²) in [5.41, 5.74) is 6.16. The summed E-state index contributed by atoms with van der Waals surface area (Å²) in [5, 5.41) is 21.4. The minimum atomic E-state index is -0.772. The molecule has 1 aromatic rings. The van der Waals surface area contributed by atoms with Crippen molar-refractivity contribution in [3.8, 4) is 0 Å². The molecule has 0 radical (unpaired) electrons. The third-order valence-corrected chi connectivity index (χ3v) is 3.52. The first-order valence-corrected chi connectivity index (χ1v) is 6.48. The van der Waals surface area contributed by atoms with Crippen LogP contribution in [0.25, 0.3) is 0 Å². The Morgan fingerprint density at radius 1 is 1.45 bits per heavy atom. The zero-order valence-corrected chi connectivity index (χ0v) is 11.4. The summed E-state index contributed by atoms with van der Waals surface area (Å²) in [5.74, 6) is 0.0396. The van der Waals surface area contributed by atoms with Crippen LogP contribution in [0.5, 0.6) is 0 Å². The lowest BCUT2D eigenvalue weighted by atomic mass is 10.1. The molecule has 1 heterocycles. The third kappa shape index (κ3) is 3.27. The molecule has 6 nitrogen and oxygen atoms in total. The molecule has 1 fully saturated rings. The molecule has 1 amide bonds. The van der Waals surface area contributed by atoms with E-state index >= 15 is 0 Å². The lowest BCUT2D eigenvalue weighted by molar-refractivity contribution is -0.130. The predicted octanol–water partition coefficient (Wildman–Crippen LogP) is 0.307. The van der Waals surface area contributed by atoms with E-state index in [0.29, 0.717) is 25.1 Å². The van der Waals surface area contributed by atoms with Crippen LogP contribution in [0.2, 0.25) is 0 Å². The predicted molar refractivity (Wildman–Crippen MR) is 74.5 cm³/mol. The van der Waals surface area contributed by atoms with Crippen molar-refractivity contribution >= 4 is 11.7 Å². The van der Waals surface area contributed by atoms with E-state index in [-0.39, 0.29) is 18.2 Å². The first kappa shape index (κ1) is 14.3. The van der Waals surface area contributed by atoms with Crippen molar-refractivity contribution in [2.45, 2.75) is 25.4 Å². The lowest BCUT2D eigenvalue weighted by Gasteiger charge is -2.19. The van der Waals surface area contributed by atoms with Gasteiger partial charge in [0.1, 0.15) is 0 Å². The van der Waals surface area contributed by atoms with Crippen LogP contribution in [-0.4, -0.2) is 45.6 Å². The number of oxime groups is 1. The number of carbonyl (C=O) groups is 1. The minimum Gasteiger partial charge on any atom is -0.409 e. The van der Waals surface area contributed by atoms with E-state index in [1.165, 1.54) is 0 Å². The molecule has 1 aromatic carbocycles. The van der Waals surface area contributed by atoms with E-state index in [4.69, 9.17) is 10.9 Å². The molecule has 1 aliphatic heterocycles. The molecule has 20 heavy (non-hydrogen) atoms. The summed E-state index contributed by atoms with van der Waals surface area (Å²) in [6, 6.07) is 6.97. The van der Waals surface area contributed by atoms with Crippen LogP contribution in [0.15, 0.2) is 29.4 Å². The monoisotopic (exact) mass is 277 g/mol. The first-order valence-electron chi connectivity index (χ1n) is 6.48. The van der Waals surface area contributed by atoms with Crippen LogP contribution in [0.1, 0.15) is 24.5 Å². The number of nitrogens with two attached hydrogens (primary N) is 1. The molecule has 2 rings (SSSR count). The van der Waals surface area contributed by atoms with Crippen molar-refractivity contribution in [3.63, 3.8) is 0 Å². The second-order valence-electron chi connectivity index (χ2n) is 5.42. The van der Waals surface area contributed by atoms with Gasteiger partial charge in [-0.15, -0.1) is 0 Å². The van der Waals surface area contributed by atoms with Gasteiger partial charge >= 0.3 is 0 Å². The maximum atomic E-state index is 12.1. The van der Waals surface area contributed by atoms with Gasteiger partial charge in [-0.2, -0.15) is 0 Å². The Kier molecular flexibility index (Phi) is 3.94. The number of carbonyl (C=O) groups excluding carboxylic acids is 1. The fourth-order valence-corrected chi connectivity index (χ4v) is 2.30. The molecule has 108 valence electrons. The third-order valence-electron chi connectivity index (χ3n) is 3.52. The Morgan fingerprint density at radius 3 is 2.60 bits per heavy atom. The van der Waals surface area contributed by atoms with Crippen LogP contribution in [0, 0.1) is 0 Å². The molecular formula is C14H19N3O3. The van der Waals surface area contributed by atoms with Gasteiger partial charge in [0.15, 0.2) is 5.84 Å². The highest BCUT2D eigenvalue weighted by molar-refractivity contribution is 5.97. The van der Waals surface area contributed by atoms with Gasteiger partial charge in [-0.1, -0.05) is 29.4 Å². The average Bonchev–Trinajstić information content (AvgIpc) is 2.79. The summed E-state index contributed by atoms with van der Waals surface area (Å²) in [7, 11) is 0. The van der Waals surface area contributed by atoms with Crippen molar-refractivity contribution in [2.24, 2.45) is 10.9 Å². The van der Waals surface area contributed by atoms with E-state index in [9.17, 15) is 9.90 Å². The second kappa shape index (κ2) is 5.50. The van der Waals surface area contributed by atoms with Gasteiger partial charge in [0, 0.05) is 18.7 Å². The summed E-state index contributed by atoms with van der Waals surface area (Å²) in [6.07, 6.45) is 0.897. The first-order chi connectivity index (χ1) is 9.41. The molecule has 0 bridgehead atoms. The van der Waals surface area contributed by atoms with E-state index in [2.05, 4.69) is 5.16 Å². The van der Waals surface area contributed by atoms with Crippen molar-refractivity contribution in [1.29, 1.82) is 0 Å². The van der Waals surface area contributed by atoms with E-state index in [1.54, 1.807) is 36.1 Å². The molecule has 1 aliphatic rings. The Hall–Kier alpha value is -2.08. The van der Waals surface area contributed by atoms with Crippen molar-refractivity contribution in [3.05, 3.63) is 35.4 Å². The highest BCUT2D eigenvalue weighted by atomic mass is 16.4. The number of amidine groups is 1. The van der Waals surface area contributed by atoms with Crippen molar-refractivity contribution in [2.75, 3.05) is 13.1 Å². The topological polar surface area (TPSA) is 99.2 Å². The van der Waals surface area contributed by atoms with Crippen LogP contribution in [-0.2, 0) is 11.2 Å². The summed E-state index contributed by atoms with van der Waals surface area (Å²) < 4.78 is 0. The fraction of sp³-hybridized carbons (Fsp3) is 0.429. The molecule has 0 saturated carbocycles. The number of aliphatic hydroxyl groups is 1. The Bertz CT molecular complexity index is 523. The largest absolute Gasteiger partial charge is 0.409 e. The van der Waals surface area contributed by atoms with Crippen LogP contribution in [0.3, 0.4) is 0 Å². The molecule has 1 saturated heterocycles. The van der Waals surface area contributed by atoms with Crippen LogP contribution in [0.4, 0.5) is 0 Å². The molecule has 1 unspecified atom stereocenters. The number of rotatable bonds is 3. The molecule has 4 N–H and O–H groups in total. The maximum absolute atomic E-state index is 12.1. The van der Waals surface area contributed by atoms with Gasteiger partial charge in [-0.25, -0.2) is 0 Å². The number of benzene rings is 1. The van der Waals surface area contributed by atoms with E-state index in [0.717, 1.165) is 5.56 Å². The number of likely N-dealkylation sites (tertiary alicyclic amines) is 1. The number of hydrogen-bond donors (Lipinski definition) is 3. The summed E-state index contributed by atoms with van der Waals surface area (Å²) in [6.45, 7) is 2.72. The Labute approximate surface area is 117 Å².